The second-order valence-electron chi connectivity index (χ2n) is 5.45. The minimum absolute atomic E-state index is 0.00666. The predicted octanol–water partition coefficient (Wildman–Crippen LogP) is 3.24. The lowest BCUT2D eigenvalue weighted by Gasteiger charge is -2.11. The van der Waals surface area contributed by atoms with E-state index in [9.17, 15) is 4.79 Å². The Morgan fingerprint density at radius 3 is 2.58 bits per heavy atom. The Kier molecular flexibility index (Phi) is 2.77. The van der Waals surface area contributed by atoms with Crippen molar-refractivity contribution in [1.29, 1.82) is 0 Å². The first kappa shape index (κ1) is 12.2. The third-order valence-electron chi connectivity index (χ3n) is 3.99. The van der Waals surface area contributed by atoms with Crippen LogP contribution in [0.2, 0.25) is 0 Å². The van der Waals surface area contributed by atoms with Crippen molar-refractivity contribution in [2.75, 3.05) is 0 Å². The summed E-state index contributed by atoms with van der Waals surface area (Å²) in [5.74, 6) is 1.31. The van der Waals surface area contributed by atoms with E-state index >= 15 is 0 Å². The summed E-state index contributed by atoms with van der Waals surface area (Å²) in [6.07, 6.45) is 2.27. The van der Waals surface area contributed by atoms with Crippen molar-refractivity contribution in [2.24, 2.45) is 0 Å². The van der Waals surface area contributed by atoms with Gasteiger partial charge in [0.15, 0.2) is 0 Å². The summed E-state index contributed by atoms with van der Waals surface area (Å²) in [6, 6.07) is 6.16. The molecule has 1 aliphatic carbocycles. The van der Waals surface area contributed by atoms with Gasteiger partial charge in [-0.15, -0.1) is 0 Å². The first-order chi connectivity index (χ1) is 9.08. The fraction of sp³-hybridized carbons (Fsp3) is 0.375. The highest BCUT2D eigenvalue weighted by Gasteiger charge is 2.27. The largest absolute Gasteiger partial charge is 0.310 e. The van der Waals surface area contributed by atoms with Gasteiger partial charge in [-0.05, 0) is 44.7 Å². The van der Waals surface area contributed by atoms with Crippen LogP contribution in [-0.2, 0) is 0 Å². The molecular formula is C16H18N2O. The van der Waals surface area contributed by atoms with Crippen molar-refractivity contribution >= 4 is 0 Å². The van der Waals surface area contributed by atoms with Crippen LogP contribution < -0.4 is 5.56 Å². The summed E-state index contributed by atoms with van der Waals surface area (Å²) >= 11 is 0. The Morgan fingerprint density at radius 2 is 1.89 bits per heavy atom. The van der Waals surface area contributed by atoms with Gasteiger partial charge in [-0.25, -0.2) is 4.98 Å². The van der Waals surface area contributed by atoms with Crippen molar-refractivity contribution in [2.45, 2.75) is 39.5 Å². The summed E-state index contributed by atoms with van der Waals surface area (Å²) in [5, 5.41) is 0. The average molecular weight is 254 g/mol. The maximum absolute atomic E-state index is 12.1. The van der Waals surface area contributed by atoms with Gasteiger partial charge in [0.2, 0.25) is 0 Å². The zero-order valence-corrected chi connectivity index (χ0v) is 11.6. The van der Waals surface area contributed by atoms with E-state index in [1.54, 1.807) is 0 Å². The molecule has 1 aliphatic rings. The number of hydrogen-bond acceptors (Lipinski definition) is 2. The predicted molar refractivity (Wildman–Crippen MR) is 76.5 cm³/mol. The van der Waals surface area contributed by atoms with Crippen LogP contribution in [0, 0.1) is 20.8 Å². The minimum atomic E-state index is -0.00666. The van der Waals surface area contributed by atoms with Gasteiger partial charge in [0.1, 0.15) is 5.82 Å². The van der Waals surface area contributed by atoms with Gasteiger partial charge in [0.25, 0.3) is 5.56 Å². The molecule has 3 rings (SSSR count). The van der Waals surface area contributed by atoms with Gasteiger partial charge < -0.3 is 4.98 Å². The van der Waals surface area contributed by atoms with E-state index in [4.69, 9.17) is 4.98 Å². The van der Waals surface area contributed by atoms with Crippen LogP contribution in [0.15, 0.2) is 23.0 Å². The summed E-state index contributed by atoms with van der Waals surface area (Å²) in [6.45, 7) is 6.02. The van der Waals surface area contributed by atoms with Gasteiger partial charge >= 0.3 is 0 Å². The van der Waals surface area contributed by atoms with Crippen LogP contribution >= 0.6 is 0 Å². The van der Waals surface area contributed by atoms with E-state index in [2.05, 4.69) is 24.9 Å². The maximum atomic E-state index is 12.1. The molecule has 0 bridgehead atoms. The number of aryl methyl sites for hydroxylation is 1. The van der Waals surface area contributed by atoms with Crippen molar-refractivity contribution in [1.82, 2.24) is 9.97 Å². The highest BCUT2D eigenvalue weighted by molar-refractivity contribution is 5.67. The number of nitrogens with zero attached hydrogens (tertiary/aromatic N) is 1. The van der Waals surface area contributed by atoms with Gasteiger partial charge in [0.05, 0.1) is 5.69 Å². The number of H-pyrrole nitrogens is 1. The van der Waals surface area contributed by atoms with E-state index in [0.717, 1.165) is 29.9 Å². The molecule has 0 aliphatic heterocycles. The number of hydrogen-bond donors (Lipinski definition) is 1. The van der Waals surface area contributed by atoms with Crippen LogP contribution in [-0.4, -0.2) is 9.97 Å². The molecule has 3 heteroatoms. The monoisotopic (exact) mass is 254 g/mol. The lowest BCUT2D eigenvalue weighted by atomic mass is 9.98. The molecule has 1 aromatic carbocycles. The average Bonchev–Trinajstić information content (AvgIpc) is 3.20. The van der Waals surface area contributed by atoms with Crippen LogP contribution in [0.5, 0.6) is 0 Å². The molecule has 19 heavy (non-hydrogen) atoms. The maximum Gasteiger partial charge on any atom is 0.254 e. The molecule has 0 radical (unpaired) electrons. The second-order valence-corrected chi connectivity index (χ2v) is 5.45. The fourth-order valence-corrected chi connectivity index (χ4v) is 2.37. The molecule has 1 heterocycles. The van der Waals surface area contributed by atoms with Crippen molar-refractivity contribution < 1.29 is 0 Å². The Hall–Kier alpha value is -1.90. The number of benzene rings is 1. The van der Waals surface area contributed by atoms with Crippen LogP contribution in [0.4, 0.5) is 0 Å². The molecule has 0 atom stereocenters. The fourth-order valence-electron chi connectivity index (χ4n) is 2.37. The molecule has 98 valence electrons. The molecule has 1 N–H and O–H groups in total. The lowest BCUT2D eigenvalue weighted by molar-refractivity contribution is 0.900. The molecule has 0 amide bonds. The quantitative estimate of drug-likeness (QED) is 0.894. The van der Waals surface area contributed by atoms with E-state index in [1.807, 2.05) is 19.1 Å². The van der Waals surface area contributed by atoms with E-state index in [0.29, 0.717) is 11.5 Å². The topological polar surface area (TPSA) is 45.8 Å². The van der Waals surface area contributed by atoms with Crippen LogP contribution in [0.1, 0.15) is 41.3 Å². The van der Waals surface area contributed by atoms with E-state index < -0.39 is 0 Å². The first-order valence-corrected chi connectivity index (χ1v) is 6.75. The molecule has 2 aromatic rings. The van der Waals surface area contributed by atoms with E-state index in [-0.39, 0.29) is 5.56 Å². The molecule has 0 saturated heterocycles. The molecular weight excluding hydrogens is 236 g/mol. The number of nitrogens with one attached hydrogen (secondary N) is 1. The zero-order chi connectivity index (χ0) is 13.6. The van der Waals surface area contributed by atoms with Gasteiger partial charge in [-0.2, -0.15) is 0 Å². The van der Waals surface area contributed by atoms with Gasteiger partial charge in [-0.3, -0.25) is 4.79 Å². The molecule has 0 unspecified atom stereocenters. The van der Waals surface area contributed by atoms with Crippen LogP contribution in [0.3, 0.4) is 0 Å². The normalized spacial score (nSPS) is 14.7. The van der Waals surface area contributed by atoms with Crippen molar-refractivity contribution in [3.63, 3.8) is 0 Å². The molecule has 1 saturated carbocycles. The van der Waals surface area contributed by atoms with Crippen molar-refractivity contribution in [3.8, 4) is 11.3 Å². The van der Waals surface area contributed by atoms with Crippen molar-refractivity contribution in [3.05, 3.63) is 51.1 Å². The summed E-state index contributed by atoms with van der Waals surface area (Å²) in [4.78, 5) is 19.7. The molecule has 1 aromatic heterocycles. The molecule has 0 spiro atoms. The standard InChI is InChI=1S/C16H18N2O/c1-9-5-4-6-13(10(9)2)14-11(3)16(19)18-15(17-14)12-7-8-12/h4-6,12H,7-8H2,1-3H3,(H,17,18,19). The first-order valence-electron chi connectivity index (χ1n) is 6.75. The third kappa shape index (κ3) is 2.09. The highest BCUT2D eigenvalue weighted by Crippen LogP contribution is 2.38. The number of rotatable bonds is 2. The number of aromatic amines is 1. The summed E-state index contributed by atoms with van der Waals surface area (Å²) < 4.78 is 0. The number of aromatic nitrogens is 2. The molecule has 3 nitrogen and oxygen atoms in total. The Balaban J connectivity index is 2.23. The zero-order valence-electron chi connectivity index (χ0n) is 11.6. The summed E-state index contributed by atoms with van der Waals surface area (Å²) in [5.41, 5.74) is 5.04. The molecule has 1 fully saturated rings. The van der Waals surface area contributed by atoms with E-state index in [1.165, 1.54) is 11.1 Å². The third-order valence-corrected chi connectivity index (χ3v) is 3.99. The SMILES string of the molecule is Cc1cccc(-c2nc(C3CC3)[nH]c(=O)c2C)c1C. The Labute approximate surface area is 112 Å². The highest BCUT2D eigenvalue weighted by atomic mass is 16.1. The Bertz CT molecular complexity index is 696. The minimum Gasteiger partial charge on any atom is -0.310 e. The van der Waals surface area contributed by atoms with Gasteiger partial charge in [0, 0.05) is 17.0 Å². The van der Waals surface area contributed by atoms with Crippen LogP contribution in [0.25, 0.3) is 11.3 Å². The Morgan fingerprint density at radius 1 is 1.16 bits per heavy atom. The smallest absolute Gasteiger partial charge is 0.254 e. The summed E-state index contributed by atoms with van der Waals surface area (Å²) in [7, 11) is 0. The second kappa shape index (κ2) is 4.34. The van der Waals surface area contributed by atoms with Gasteiger partial charge in [-0.1, -0.05) is 18.2 Å². The lowest BCUT2D eigenvalue weighted by Crippen LogP contribution is -2.16.